The molecule has 3 rings (SSSR count). The molecule has 3 aromatic rings. The Morgan fingerprint density at radius 3 is 2.77 bits per heavy atom. The van der Waals surface area contributed by atoms with Gasteiger partial charge in [-0.15, -0.1) is 24.0 Å². The molecular weight excluding hydrogens is 515 g/mol. The fourth-order valence-corrected chi connectivity index (χ4v) is 3.11. The zero-order chi connectivity index (χ0) is 20.5. The van der Waals surface area contributed by atoms with E-state index >= 15 is 0 Å². The second-order valence-corrected chi connectivity index (χ2v) is 6.77. The predicted octanol–water partition coefficient (Wildman–Crippen LogP) is 4.05. The maximum Gasteiger partial charge on any atom is 0.191 e. The van der Waals surface area contributed by atoms with Gasteiger partial charge in [-0.3, -0.25) is 5.10 Å². The van der Waals surface area contributed by atoms with Crippen LogP contribution in [0.25, 0.3) is 11.4 Å². The van der Waals surface area contributed by atoms with E-state index < -0.39 is 0 Å². The number of halogens is 2. The molecule has 3 N–H and O–H groups in total. The summed E-state index contributed by atoms with van der Waals surface area (Å²) in [6.07, 6.45) is 2.29. The van der Waals surface area contributed by atoms with E-state index in [1.54, 1.807) is 7.11 Å². The third-order valence-electron chi connectivity index (χ3n) is 4.33. The van der Waals surface area contributed by atoms with Gasteiger partial charge in [-0.05, 0) is 42.7 Å². The second kappa shape index (κ2) is 12.4. The van der Waals surface area contributed by atoms with Gasteiger partial charge in [0, 0.05) is 23.7 Å². The Kier molecular flexibility index (Phi) is 9.88. The van der Waals surface area contributed by atoms with Crippen LogP contribution in [0, 0.1) is 0 Å². The lowest BCUT2D eigenvalue weighted by molar-refractivity contribution is 0.414. The maximum atomic E-state index is 6.32. The molecule has 7 nitrogen and oxygen atoms in total. The van der Waals surface area contributed by atoms with E-state index in [4.69, 9.17) is 16.3 Å². The fourth-order valence-electron chi connectivity index (χ4n) is 2.85. The summed E-state index contributed by atoms with van der Waals surface area (Å²) in [5.74, 6) is 2.27. The maximum absolute atomic E-state index is 6.32. The lowest BCUT2D eigenvalue weighted by Gasteiger charge is -2.12. The number of methoxy groups -OCH3 is 1. The van der Waals surface area contributed by atoms with Crippen LogP contribution in [0.1, 0.15) is 18.1 Å². The number of nitrogens with one attached hydrogen (secondary N) is 3. The molecule has 30 heavy (non-hydrogen) atoms. The number of aliphatic imine (C=N–C) groups is 1. The zero-order valence-electron chi connectivity index (χ0n) is 17.0. The van der Waals surface area contributed by atoms with Crippen LogP contribution in [0.5, 0.6) is 5.75 Å². The predicted molar refractivity (Wildman–Crippen MR) is 132 cm³/mol. The largest absolute Gasteiger partial charge is 0.497 e. The van der Waals surface area contributed by atoms with Crippen molar-refractivity contribution in [1.29, 1.82) is 0 Å². The van der Waals surface area contributed by atoms with Crippen LogP contribution in [0.4, 0.5) is 0 Å². The summed E-state index contributed by atoms with van der Waals surface area (Å²) >= 11 is 6.32. The monoisotopic (exact) mass is 540 g/mol. The van der Waals surface area contributed by atoms with Gasteiger partial charge in [-0.1, -0.05) is 35.9 Å². The third kappa shape index (κ3) is 6.88. The average Bonchev–Trinajstić information content (AvgIpc) is 3.28. The molecule has 9 heteroatoms. The van der Waals surface area contributed by atoms with Crippen LogP contribution >= 0.6 is 35.6 Å². The molecule has 0 amide bonds. The zero-order valence-corrected chi connectivity index (χ0v) is 20.1. The van der Waals surface area contributed by atoms with E-state index in [1.807, 2.05) is 43.3 Å². The van der Waals surface area contributed by atoms with Gasteiger partial charge in [-0.25, -0.2) is 9.98 Å². The highest BCUT2D eigenvalue weighted by Gasteiger charge is 2.05. The summed E-state index contributed by atoms with van der Waals surface area (Å²) in [5, 5.41) is 14.1. The number of ether oxygens (including phenoxy) is 1. The van der Waals surface area contributed by atoms with Gasteiger partial charge in [0.25, 0.3) is 0 Å². The molecule has 0 bridgehead atoms. The topological polar surface area (TPSA) is 87.2 Å². The number of hydrogen-bond acceptors (Lipinski definition) is 4. The van der Waals surface area contributed by atoms with Crippen molar-refractivity contribution in [2.45, 2.75) is 19.9 Å². The number of aromatic nitrogens is 3. The number of aromatic amines is 1. The molecule has 1 heterocycles. The lowest BCUT2D eigenvalue weighted by Crippen LogP contribution is -2.38. The number of H-pyrrole nitrogens is 1. The Hall–Kier alpha value is -2.33. The quantitative estimate of drug-likeness (QED) is 0.228. The Bertz CT molecular complexity index is 948. The number of rotatable bonds is 8. The van der Waals surface area contributed by atoms with Crippen LogP contribution in [0.2, 0.25) is 5.02 Å². The van der Waals surface area contributed by atoms with Gasteiger partial charge in [0.1, 0.15) is 12.1 Å². The van der Waals surface area contributed by atoms with E-state index in [0.717, 1.165) is 53.7 Å². The molecular formula is C21H26ClIN6O. The first-order valence-corrected chi connectivity index (χ1v) is 9.86. The van der Waals surface area contributed by atoms with Crippen molar-refractivity contribution >= 4 is 41.5 Å². The molecule has 0 unspecified atom stereocenters. The Morgan fingerprint density at radius 2 is 2.07 bits per heavy atom. The first-order valence-electron chi connectivity index (χ1n) is 9.49. The van der Waals surface area contributed by atoms with Crippen molar-refractivity contribution in [1.82, 2.24) is 25.8 Å². The lowest BCUT2D eigenvalue weighted by atomic mass is 10.1. The summed E-state index contributed by atoms with van der Waals surface area (Å²) in [6, 6.07) is 13.8. The van der Waals surface area contributed by atoms with Crippen LogP contribution in [-0.4, -0.2) is 41.3 Å². The molecule has 160 valence electrons. The molecule has 1 aromatic heterocycles. The van der Waals surface area contributed by atoms with Crippen molar-refractivity contribution in [3.63, 3.8) is 0 Å². The SMILES string of the molecule is CCNC(=NCc1cccc(-c2ncn[nH]2)c1)NCCc1ccc(OC)cc1Cl.I. The summed E-state index contributed by atoms with van der Waals surface area (Å²) in [4.78, 5) is 8.88. The fraction of sp³-hybridized carbons (Fsp3) is 0.286. The molecule has 0 fully saturated rings. The molecule has 0 radical (unpaired) electrons. The highest BCUT2D eigenvalue weighted by molar-refractivity contribution is 14.0. The normalized spacial score (nSPS) is 11.0. The van der Waals surface area contributed by atoms with Crippen molar-refractivity contribution in [3.05, 3.63) is 64.9 Å². The molecule has 0 saturated carbocycles. The van der Waals surface area contributed by atoms with Crippen LogP contribution in [0.3, 0.4) is 0 Å². The molecule has 2 aromatic carbocycles. The third-order valence-corrected chi connectivity index (χ3v) is 4.68. The smallest absolute Gasteiger partial charge is 0.191 e. The Balaban J connectivity index is 0.00000320. The van der Waals surface area contributed by atoms with E-state index in [2.05, 4.69) is 36.9 Å². The summed E-state index contributed by atoms with van der Waals surface area (Å²) < 4.78 is 5.19. The van der Waals surface area contributed by atoms with Gasteiger partial charge in [0.15, 0.2) is 11.8 Å². The highest BCUT2D eigenvalue weighted by atomic mass is 127. The van der Waals surface area contributed by atoms with Crippen LogP contribution in [0.15, 0.2) is 53.8 Å². The minimum Gasteiger partial charge on any atom is -0.497 e. The van der Waals surface area contributed by atoms with Gasteiger partial charge in [0.2, 0.25) is 0 Å². The Labute approximate surface area is 198 Å². The number of benzene rings is 2. The molecule has 0 aliphatic carbocycles. The molecule has 0 atom stereocenters. The van der Waals surface area contributed by atoms with Crippen LogP contribution in [-0.2, 0) is 13.0 Å². The highest BCUT2D eigenvalue weighted by Crippen LogP contribution is 2.22. The standard InChI is InChI=1S/C21H25ClN6O.HI/c1-3-23-21(24-10-9-16-7-8-18(29-2)12-19(16)22)25-13-15-5-4-6-17(11-15)20-26-14-27-28-20;/h4-8,11-12,14H,3,9-10,13H2,1-2H3,(H2,23,24,25)(H,26,27,28);1H. The van der Waals surface area contributed by atoms with E-state index in [-0.39, 0.29) is 24.0 Å². The number of nitrogens with zero attached hydrogens (tertiary/aromatic N) is 3. The van der Waals surface area contributed by atoms with Gasteiger partial charge in [0.05, 0.1) is 13.7 Å². The molecule has 0 saturated heterocycles. The van der Waals surface area contributed by atoms with Gasteiger partial charge < -0.3 is 15.4 Å². The minimum absolute atomic E-state index is 0. The summed E-state index contributed by atoms with van der Waals surface area (Å²) in [6.45, 7) is 4.10. The minimum atomic E-state index is 0. The van der Waals surface area contributed by atoms with Gasteiger partial charge in [-0.2, -0.15) is 5.10 Å². The van der Waals surface area contributed by atoms with Crippen molar-refractivity contribution in [2.75, 3.05) is 20.2 Å². The summed E-state index contributed by atoms with van der Waals surface area (Å²) in [7, 11) is 1.63. The van der Waals surface area contributed by atoms with Crippen molar-refractivity contribution < 1.29 is 4.74 Å². The molecule has 0 aliphatic rings. The number of hydrogen-bond donors (Lipinski definition) is 3. The summed E-state index contributed by atoms with van der Waals surface area (Å²) in [5.41, 5.74) is 3.15. The van der Waals surface area contributed by atoms with E-state index in [1.165, 1.54) is 6.33 Å². The average molecular weight is 541 g/mol. The Morgan fingerprint density at radius 1 is 1.20 bits per heavy atom. The molecule has 0 spiro atoms. The van der Waals surface area contributed by atoms with Crippen molar-refractivity contribution in [3.8, 4) is 17.1 Å². The number of guanidine groups is 1. The van der Waals surface area contributed by atoms with Gasteiger partial charge >= 0.3 is 0 Å². The molecule has 0 aliphatic heterocycles. The van der Waals surface area contributed by atoms with Crippen molar-refractivity contribution in [2.24, 2.45) is 4.99 Å². The van der Waals surface area contributed by atoms with E-state index in [0.29, 0.717) is 11.6 Å². The first-order chi connectivity index (χ1) is 14.2. The van der Waals surface area contributed by atoms with E-state index in [9.17, 15) is 0 Å². The van der Waals surface area contributed by atoms with Crippen LogP contribution < -0.4 is 15.4 Å². The second-order valence-electron chi connectivity index (χ2n) is 6.36. The first kappa shape index (κ1) is 23.9.